The molecule has 25 heavy (non-hydrogen) atoms. The molecule has 0 heterocycles. The topological polar surface area (TPSA) is 214 Å². The minimum absolute atomic E-state index is 0.560. The Kier molecular flexibility index (Phi) is 9.09. The lowest BCUT2D eigenvalue weighted by Crippen LogP contribution is -2.57. The molecule has 0 fully saturated rings. The zero-order chi connectivity index (χ0) is 19.7. The molecule has 0 aliphatic carbocycles. The smallest absolute Gasteiger partial charge is 0.325 e. The molecule has 0 aliphatic rings. The number of hydrogen-bond donors (Lipinski definition) is 7. The highest BCUT2D eigenvalue weighted by Crippen LogP contribution is 1.96. The van der Waals surface area contributed by atoms with Crippen LogP contribution in [0.4, 0.5) is 0 Å². The Morgan fingerprint density at radius 1 is 0.920 bits per heavy atom. The van der Waals surface area contributed by atoms with E-state index in [1.54, 1.807) is 0 Å². The fourth-order valence-electron chi connectivity index (χ4n) is 1.55. The van der Waals surface area contributed by atoms with Crippen molar-refractivity contribution in [2.24, 2.45) is 11.5 Å². The quantitative estimate of drug-likeness (QED) is 0.202. The van der Waals surface area contributed by atoms with Crippen LogP contribution in [0.25, 0.3) is 0 Å². The highest BCUT2D eigenvalue weighted by atomic mass is 16.4. The van der Waals surface area contributed by atoms with Gasteiger partial charge in [-0.3, -0.25) is 24.0 Å². The van der Waals surface area contributed by atoms with E-state index in [4.69, 9.17) is 21.7 Å². The lowest BCUT2D eigenvalue weighted by atomic mass is 10.1. The summed E-state index contributed by atoms with van der Waals surface area (Å²) in [5.41, 5.74) is 10.3. The first-order valence-electron chi connectivity index (χ1n) is 7.28. The summed E-state index contributed by atoms with van der Waals surface area (Å²) >= 11 is 0. The summed E-state index contributed by atoms with van der Waals surface area (Å²) in [6.07, 6.45) is -0.560. The Bertz CT molecular complexity index is 539. The van der Waals surface area contributed by atoms with Crippen LogP contribution in [0.3, 0.4) is 0 Å². The second-order valence-electron chi connectivity index (χ2n) is 5.32. The van der Waals surface area contributed by atoms with Crippen molar-refractivity contribution in [1.82, 2.24) is 16.0 Å². The second-order valence-corrected chi connectivity index (χ2v) is 5.32. The minimum Gasteiger partial charge on any atom is -0.480 e. The van der Waals surface area contributed by atoms with Gasteiger partial charge in [-0.15, -0.1) is 0 Å². The molecule has 0 spiro atoms. The van der Waals surface area contributed by atoms with Gasteiger partial charge in [-0.2, -0.15) is 0 Å². The van der Waals surface area contributed by atoms with Crippen molar-refractivity contribution in [3.63, 3.8) is 0 Å². The van der Waals surface area contributed by atoms with Gasteiger partial charge in [0.2, 0.25) is 23.6 Å². The molecule has 0 aromatic carbocycles. The lowest BCUT2D eigenvalue weighted by molar-refractivity contribution is -0.141. The molecular weight excluding hydrogens is 338 g/mol. The highest BCUT2D eigenvalue weighted by Gasteiger charge is 2.28. The second kappa shape index (κ2) is 10.2. The molecule has 12 nitrogen and oxygen atoms in total. The van der Waals surface area contributed by atoms with Gasteiger partial charge >= 0.3 is 5.97 Å². The van der Waals surface area contributed by atoms with E-state index in [9.17, 15) is 24.0 Å². The van der Waals surface area contributed by atoms with Gasteiger partial charge in [0, 0.05) is 0 Å². The Balaban J connectivity index is 4.90. The van der Waals surface area contributed by atoms with Crippen LogP contribution in [-0.2, 0) is 24.0 Å². The molecule has 0 saturated carbocycles. The summed E-state index contributed by atoms with van der Waals surface area (Å²) < 4.78 is 0. The zero-order valence-electron chi connectivity index (χ0n) is 13.8. The van der Waals surface area contributed by atoms with Gasteiger partial charge in [0.25, 0.3) is 0 Å². The number of aliphatic hydroxyl groups excluding tert-OH is 1. The number of aliphatic carboxylic acids is 1. The number of aliphatic hydroxyl groups is 1. The van der Waals surface area contributed by atoms with Crippen molar-refractivity contribution >= 4 is 29.6 Å². The zero-order valence-corrected chi connectivity index (χ0v) is 13.8. The van der Waals surface area contributed by atoms with Crippen molar-refractivity contribution in [2.45, 2.75) is 44.4 Å². The SMILES string of the molecule is CC(NC(=O)C(C)NC(=O)C(CC(N)=O)NC(=O)C(N)CO)C(=O)O. The Hall–Kier alpha value is -2.73. The first-order valence-corrected chi connectivity index (χ1v) is 7.28. The van der Waals surface area contributed by atoms with Crippen molar-refractivity contribution in [1.29, 1.82) is 0 Å². The van der Waals surface area contributed by atoms with Crippen LogP contribution in [-0.4, -0.2) is 70.6 Å². The van der Waals surface area contributed by atoms with Gasteiger partial charge in [-0.25, -0.2) is 0 Å². The average Bonchev–Trinajstić information content (AvgIpc) is 2.52. The first-order chi connectivity index (χ1) is 11.5. The number of nitrogens with one attached hydrogen (secondary N) is 3. The Morgan fingerprint density at radius 2 is 1.44 bits per heavy atom. The van der Waals surface area contributed by atoms with Crippen LogP contribution in [0, 0.1) is 0 Å². The summed E-state index contributed by atoms with van der Waals surface area (Å²) in [6.45, 7) is 1.84. The molecule has 0 aromatic heterocycles. The molecule has 142 valence electrons. The van der Waals surface area contributed by atoms with Crippen LogP contribution in [0.1, 0.15) is 20.3 Å². The van der Waals surface area contributed by atoms with Crippen molar-refractivity contribution < 1.29 is 34.2 Å². The van der Waals surface area contributed by atoms with Crippen molar-refractivity contribution in [3.05, 3.63) is 0 Å². The first kappa shape index (κ1) is 22.3. The van der Waals surface area contributed by atoms with E-state index in [1.165, 1.54) is 13.8 Å². The highest BCUT2D eigenvalue weighted by molar-refractivity contribution is 5.95. The summed E-state index contributed by atoms with van der Waals surface area (Å²) in [4.78, 5) is 57.3. The number of amides is 4. The number of rotatable bonds is 10. The van der Waals surface area contributed by atoms with Crippen LogP contribution in [0.2, 0.25) is 0 Å². The number of carboxylic acids is 1. The predicted molar refractivity (Wildman–Crippen MR) is 83.6 cm³/mol. The fourth-order valence-corrected chi connectivity index (χ4v) is 1.55. The third kappa shape index (κ3) is 8.08. The van der Waals surface area contributed by atoms with Crippen LogP contribution in [0.15, 0.2) is 0 Å². The molecule has 9 N–H and O–H groups in total. The van der Waals surface area contributed by atoms with Gasteiger partial charge < -0.3 is 37.6 Å². The molecule has 4 atom stereocenters. The number of carboxylic acid groups (broad SMARTS) is 1. The van der Waals surface area contributed by atoms with E-state index < -0.39 is 66.8 Å². The van der Waals surface area contributed by atoms with Crippen molar-refractivity contribution in [3.8, 4) is 0 Å². The molecule has 12 heteroatoms. The lowest BCUT2D eigenvalue weighted by Gasteiger charge is -2.22. The van der Waals surface area contributed by atoms with E-state index in [0.717, 1.165) is 0 Å². The molecule has 0 bridgehead atoms. The average molecular weight is 361 g/mol. The Labute approximate surface area is 143 Å². The summed E-state index contributed by atoms with van der Waals surface area (Å²) in [7, 11) is 0. The molecular formula is C13H23N5O7. The standard InChI is InChI=1S/C13H23N5O7/c1-5(10(21)17-6(2)13(24)25)16-12(23)8(3-9(15)20)18-11(22)7(14)4-19/h5-8,19H,3-4,14H2,1-2H3,(H2,15,20)(H,16,23)(H,17,21)(H,18,22)(H,24,25). The summed E-state index contributed by atoms with van der Waals surface area (Å²) in [5, 5.41) is 24.0. The number of hydrogen-bond acceptors (Lipinski definition) is 7. The Morgan fingerprint density at radius 3 is 1.88 bits per heavy atom. The van der Waals surface area contributed by atoms with Crippen LogP contribution >= 0.6 is 0 Å². The normalized spacial score (nSPS) is 15.2. The van der Waals surface area contributed by atoms with E-state index in [2.05, 4.69) is 16.0 Å². The molecule has 0 aliphatic heterocycles. The molecule has 0 aromatic rings. The maximum Gasteiger partial charge on any atom is 0.325 e. The maximum atomic E-state index is 12.1. The third-order valence-electron chi connectivity index (χ3n) is 3.05. The predicted octanol–water partition coefficient (Wildman–Crippen LogP) is -4.24. The fraction of sp³-hybridized carbons (Fsp3) is 0.615. The number of primary amides is 1. The largest absolute Gasteiger partial charge is 0.480 e. The third-order valence-corrected chi connectivity index (χ3v) is 3.05. The molecule has 0 rings (SSSR count). The van der Waals surface area contributed by atoms with Crippen LogP contribution < -0.4 is 27.4 Å². The van der Waals surface area contributed by atoms with Gasteiger partial charge in [0.15, 0.2) is 0 Å². The van der Waals surface area contributed by atoms with E-state index in [-0.39, 0.29) is 0 Å². The maximum absolute atomic E-state index is 12.1. The molecule has 0 radical (unpaired) electrons. The molecule has 4 unspecified atom stereocenters. The summed E-state index contributed by atoms with van der Waals surface area (Å²) in [6, 6.07) is -5.03. The number of carbonyl (C=O) groups excluding carboxylic acids is 4. The van der Waals surface area contributed by atoms with Crippen molar-refractivity contribution in [2.75, 3.05) is 6.61 Å². The van der Waals surface area contributed by atoms with E-state index in [0.29, 0.717) is 0 Å². The summed E-state index contributed by atoms with van der Waals surface area (Å²) in [5.74, 6) is -4.72. The number of nitrogens with two attached hydrogens (primary N) is 2. The monoisotopic (exact) mass is 361 g/mol. The minimum atomic E-state index is -1.41. The van der Waals surface area contributed by atoms with Gasteiger partial charge in [-0.05, 0) is 13.8 Å². The van der Waals surface area contributed by atoms with Gasteiger partial charge in [0.1, 0.15) is 24.2 Å². The van der Waals surface area contributed by atoms with Gasteiger partial charge in [-0.1, -0.05) is 0 Å². The molecule has 0 saturated heterocycles. The molecule has 4 amide bonds. The van der Waals surface area contributed by atoms with Gasteiger partial charge in [0.05, 0.1) is 13.0 Å². The number of carbonyl (C=O) groups is 5. The van der Waals surface area contributed by atoms with Crippen LogP contribution in [0.5, 0.6) is 0 Å². The van der Waals surface area contributed by atoms with E-state index >= 15 is 0 Å². The van der Waals surface area contributed by atoms with E-state index in [1.807, 2.05) is 0 Å².